The molecule has 0 bridgehead atoms. The van der Waals surface area contributed by atoms with E-state index >= 15 is 0 Å². The van der Waals surface area contributed by atoms with E-state index in [1.807, 2.05) is 36.4 Å². The van der Waals surface area contributed by atoms with Gasteiger partial charge in [-0.05, 0) is 44.5 Å². The van der Waals surface area contributed by atoms with Crippen LogP contribution < -0.4 is 5.32 Å². The fourth-order valence-electron chi connectivity index (χ4n) is 3.07. The van der Waals surface area contributed by atoms with Crippen molar-refractivity contribution in [3.8, 4) is 11.5 Å². The summed E-state index contributed by atoms with van der Waals surface area (Å²) in [7, 11) is 0. The number of nitrogens with one attached hydrogen (secondary N) is 1. The Balaban J connectivity index is 1.76. The van der Waals surface area contributed by atoms with Crippen molar-refractivity contribution >= 4 is 23.1 Å². The Morgan fingerprint density at radius 3 is 2.89 bits per heavy atom. The van der Waals surface area contributed by atoms with Crippen molar-refractivity contribution in [1.29, 1.82) is 0 Å². The third kappa shape index (κ3) is 3.09. The van der Waals surface area contributed by atoms with Gasteiger partial charge in [-0.2, -0.15) is 5.10 Å². The van der Waals surface area contributed by atoms with Crippen LogP contribution in [0.25, 0.3) is 17.0 Å². The molecule has 0 amide bonds. The minimum Gasteiger partial charge on any atom is -0.462 e. The van der Waals surface area contributed by atoms with E-state index in [0.717, 1.165) is 28.0 Å². The topological polar surface area (TPSA) is 94.5 Å². The maximum Gasteiger partial charge on any atom is 0.339 e. The number of benzene rings is 1. The predicted molar refractivity (Wildman–Crippen MR) is 104 cm³/mol. The average Bonchev–Trinajstić information content (AvgIpc) is 3.33. The molecule has 0 atom stereocenters. The van der Waals surface area contributed by atoms with E-state index in [0.29, 0.717) is 24.0 Å². The van der Waals surface area contributed by atoms with E-state index < -0.39 is 0 Å². The maximum absolute atomic E-state index is 12.2. The molecule has 8 heteroatoms. The largest absolute Gasteiger partial charge is 0.462 e. The lowest BCUT2D eigenvalue weighted by atomic mass is 10.1. The van der Waals surface area contributed by atoms with Gasteiger partial charge in [0.2, 0.25) is 11.8 Å². The van der Waals surface area contributed by atoms with Crippen LogP contribution in [0.4, 0.5) is 11.6 Å². The Bertz CT molecular complexity index is 1150. The third-order valence-corrected chi connectivity index (χ3v) is 4.49. The monoisotopic (exact) mass is 377 g/mol. The molecular formula is C20H19N5O3. The second-order valence-electron chi connectivity index (χ2n) is 6.28. The van der Waals surface area contributed by atoms with E-state index in [1.165, 1.54) is 6.26 Å². The van der Waals surface area contributed by atoms with Crippen LogP contribution in [0.2, 0.25) is 0 Å². The number of aromatic nitrogens is 4. The molecule has 142 valence electrons. The van der Waals surface area contributed by atoms with Gasteiger partial charge in [-0.15, -0.1) is 5.10 Å². The summed E-state index contributed by atoms with van der Waals surface area (Å²) in [6.07, 6.45) is 4.75. The number of anilines is 2. The number of carbonyl (C=O) groups excluding carboxylic acids is 1. The van der Waals surface area contributed by atoms with Crippen LogP contribution >= 0.6 is 0 Å². The van der Waals surface area contributed by atoms with Crippen molar-refractivity contribution in [2.45, 2.75) is 20.8 Å². The highest BCUT2D eigenvalue weighted by molar-refractivity contribution is 5.93. The Labute approximate surface area is 161 Å². The van der Waals surface area contributed by atoms with Gasteiger partial charge in [-0.25, -0.2) is 9.78 Å². The Morgan fingerprint density at radius 1 is 1.29 bits per heavy atom. The number of ether oxygens (including phenoxy) is 1. The maximum atomic E-state index is 12.2. The summed E-state index contributed by atoms with van der Waals surface area (Å²) in [6.45, 7) is 5.94. The summed E-state index contributed by atoms with van der Waals surface area (Å²) in [5.41, 5.74) is 4.67. The number of oxazole rings is 1. The van der Waals surface area contributed by atoms with Gasteiger partial charge in [-0.1, -0.05) is 6.07 Å². The lowest BCUT2D eigenvalue weighted by Crippen LogP contribution is -2.08. The lowest BCUT2D eigenvalue weighted by molar-refractivity contribution is 0.0525. The van der Waals surface area contributed by atoms with Gasteiger partial charge in [-0.3, -0.25) is 4.40 Å². The van der Waals surface area contributed by atoms with Gasteiger partial charge >= 0.3 is 5.97 Å². The minimum atomic E-state index is -0.364. The molecule has 4 aromatic rings. The van der Waals surface area contributed by atoms with Crippen molar-refractivity contribution < 1.29 is 13.9 Å². The van der Waals surface area contributed by atoms with Gasteiger partial charge in [0.05, 0.1) is 30.1 Å². The molecule has 0 saturated carbocycles. The van der Waals surface area contributed by atoms with E-state index in [4.69, 9.17) is 9.15 Å². The number of rotatable bonds is 5. The fraction of sp³-hybridized carbons (Fsp3) is 0.200. The highest BCUT2D eigenvalue weighted by Gasteiger charge is 2.18. The summed E-state index contributed by atoms with van der Waals surface area (Å²) in [5.74, 6) is 0.670. The average molecular weight is 377 g/mol. The van der Waals surface area contributed by atoms with Crippen LogP contribution in [0, 0.1) is 13.8 Å². The molecule has 1 N–H and O–H groups in total. The zero-order chi connectivity index (χ0) is 19.7. The van der Waals surface area contributed by atoms with Crippen LogP contribution in [0.15, 0.2) is 47.3 Å². The molecule has 28 heavy (non-hydrogen) atoms. The number of nitrogens with zero attached hydrogens (tertiary/aromatic N) is 4. The first kappa shape index (κ1) is 17.7. The summed E-state index contributed by atoms with van der Waals surface area (Å²) in [6, 6.07) is 7.61. The quantitative estimate of drug-likeness (QED) is 0.527. The molecule has 8 nitrogen and oxygen atoms in total. The van der Waals surface area contributed by atoms with E-state index in [2.05, 4.69) is 20.5 Å². The second kappa shape index (κ2) is 7.15. The molecule has 4 rings (SSSR count). The van der Waals surface area contributed by atoms with Crippen LogP contribution in [-0.4, -0.2) is 32.2 Å². The van der Waals surface area contributed by atoms with Crippen molar-refractivity contribution in [1.82, 2.24) is 19.6 Å². The third-order valence-electron chi connectivity index (χ3n) is 4.49. The SMILES string of the molecule is CCOC(=O)c1cc2cnnc(Nc3cc(-c4ncco4)ccc3C)n2c1C. The molecule has 0 spiro atoms. The Hall–Kier alpha value is -3.68. The molecule has 0 fully saturated rings. The summed E-state index contributed by atoms with van der Waals surface area (Å²) >= 11 is 0. The first-order valence-electron chi connectivity index (χ1n) is 8.87. The predicted octanol–water partition coefficient (Wildman–Crippen LogP) is 3.92. The fourth-order valence-corrected chi connectivity index (χ4v) is 3.07. The molecule has 0 radical (unpaired) electrons. The number of hydrogen-bond acceptors (Lipinski definition) is 7. The highest BCUT2D eigenvalue weighted by atomic mass is 16.5. The van der Waals surface area contributed by atoms with E-state index in [9.17, 15) is 4.79 Å². The second-order valence-corrected chi connectivity index (χ2v) is 6.28. The van der Waals surface area contributed by atoms with Gasteiger partial charge in [0.1, 0.15) is 6.26 Å². The van der Waals surface area contributed by atoms with Gasteiger partial charge in [0.15, 0.2) is 0 Å². The van der Waals surface area contributed by atoms with E-state index in [1.54, 1.807) is 25.4 Å². The number of esters is 1. The molecule has 0 aliphatic rings. The zero-order valence-corrected chi connectivity index (χ0v) is 15.8. The molecule has 1 aromatic carbocycles. The molecule has 3 aromatic heterocycles. The zero-order valence-electron chi connectivity index (χ0n) is 15.8. The summed E-state index contributed by atoms with van der Waals surface area (Å²) in [5, 5.41) is 11.6. The number of carbonyl (C=O) groups is 1. The van der Waals surface area contributed by atoms with Crippen molar-refractivity contribution in [2.75, 3.05) is 11.9 Å². The van der Waals surface area contributed by atoms with Gasteiger partial charge in [0.25, 0.3) is 0 Å². The van der Waals surface area contributed by atoms with Crippen LogP contribution in [0.1, 0.15) is 28.5 Å². The molecule has 0 unspecified atom stereocenters. The van der Waals surface area contributed by atoms with Crippen molar-refractivity contribution in [3.05, 3.63) is 59.7 Å². The van der Waals surface area contributed by atoms with Gasteiger partial charge < -0.3 is 14.5 Å². The molecule has 3 heterocycles. The molecule has 0 aliphatic heterocycles. The number of fused-ring (bicyclic) bond motifs is 1. The summed E-state index contributed by atoms with van der Waals surface area (Å²) < 4.78 is 12.4. The Morgan fingerprint density at radius 2 is 2.14 bits per heavy atom. The van der Waals surface area contributed by atoms with Crippen molar-refractivity contribution in [2.24, 2.45) is 0 Å². The lowest BCUT2D eigenvalue weighted by Gasteiger charge is -2.12. The van der Waals surface area contributed by atoms with E-state index in [-0.39, 0.29) is 5.97 Å². The summed E-state index contributed by atoms with van der Waals surface area (Å²) in [4.78, 5) is 16.4. The van der Waals surface area contributed by atoms with Gasteiger partial charge in [0, 0.05) is 16.9 Å². The standard InChI is InChI=1S/C20H19N5O3/c1-4-27-19(26)16-10-15-11-22-24-20(25(15)13(16)3)23-17-9-14(6-5-12(17)2)18-21-7-8-28-18/h5-11H,4H2,1-3H3,(H,23,24). The number of hydrogen-bond donors (Lipinski definition) is 1. The van der Waals surface area contributed by atoms with Crippen molar-refractivity contribution in [3.63, 3.8) is 0 Å². The first-order chi connectivity index (χ1) is 13.6. The molecular weight excluding hydrogens is 358 g/mol. The van der Waals surface area contributed by atoms with Crippen LogP contribution in [0.3, 0.4) is 0 Å². The Kier molecular flexibility index (Phi) is 4.52. The molecule has 0 aliphatic carbocycles. The number of aryl methyl sites for hydroxylation is 2. The highest BCUT2D eigenvalue weighted by Crippen LogP contribution is 2.27. The van der Waals surface area contributed by atoms with Crippen LogP contribution in [-0.2, 0) is 4.74 Å². The smallest absolute Gasteiger partial charge is 0.339 e. The van der Waals surface area contributed by atoms with Crippen LogP contribution in [0.5, 0.6) is 0 Å². The first-order valence-corrected chi connectivity index (χ1v) is 8.87. The normalized spacial score (nSPS) is 11.0. The molecule has 0 saturated heterocycles. The minimum absolute atomic E-state index is 0.318.